The lowest BCUT2D eigenvalue weighted by atomic mass is 10.1. The van der Waals surface area contributed by atoms with Crippen molar-refractivity contribution in [1.82, 2.24) is 23.6 Å². The van der Waals surface area contributed by atoms with Gasteiger partial charge in [0.05, 0.1) is 11.7 Å². The lowest BCUT2D eigenvalue weighted by Gasteiger charge is -2.26. The number of anilines is 2. The maximum Gasteiger partial charge on any atom is 0.282 e. The van der Waals surface area contributed by atoms with Crippen LogP contribution in [0.2, 0.25) is 0 Å². The number of nitrogens with zero attached hydrogens (tertiary/aromatic N) is 5. The van der Waals surface area contributed by atoms with Crippen LogP contribution in [0.25, 0.3) is 0 Å². The summed E-state index contributed by atoms with van der Waals surface area (Å²) in [5.41, 5.74) is 0.696. The van der Waals surface area contributed by atoms with E-state index in [1.54, 1.807) is 32.6 Å². The second kappa shape index (κ2) is 6.48. The van der Waals surface area contributed by atoms with Crippen LogP contribution in [0.3, 0.4) is 0 Å². The van der Waals surface area contributed by atoms with E-state index in [9.17, 15) is 8.42 Å². The minimum atomic E-state index is -3.46. The van der Waals surface area contributed by atoms with E-state index < -0.39 is 10.2 Å². The molecule has 1 aliphatic heterocycles. The molecule has 0 saturated carbocycles. The van der Waals surface area contributed by atoms with Crippen LogP contribution in [0.4, 0.5) is 11.1 Å². The molecule has 124 valence electrons. The molecular formula is C13H18N6O2S2. The summed E-state index contributed by atoms with van der Waals surface area (Å²) in [6, 6.07) is 1.50. The van der Waals surface area contributed by atoms with Gasteiger partial charge in [0.1, 0.15) is 0 Å². The first-order valence-corrected chi connectivity index (χ1v) is 9.45. The highest BCUT2D eigenvalue weighted by Gasteiger charge is 2.37. The summed E-state index contributed by atoms with van der Waals surface area (Å²) in [6.07, 6.45) is 4.90. The number of nitrogens with one attached hydrogen (secondary N) is 1. The van der Waals surface area contributed by atoms with Crippen LogP contribution in [0, 0.1) is 0 Å². The standard InChI is InChI=1S/C13H18N6O2S2/c1-18(2)23(20,21)19-8-3-4-11(19)10-5-6-14-12(16-10)17-13-15-7-9-22-13/h5-7,9,11H,3-4,8H2,1-2H3,(H,14,15,16,17)/t11-/m1/s1. The van der Waals surface area contributed by atoms with Gasteiger partial charge in [-0.05, 0) is 18.9 Å². The van der Waals surface area contributed by atoms with E-state index in [0.29, 0.717) is 23.3 Å². The topological polar surface area (TPSA) is 91.3 Å². The largest absolute Gasteiger partial charge is 0.300 e. The lowest BCUT2D eigenvalue weighted by Crippen LogP contribution is -2.39. The monoisotopic (exact) mass is 354 g/mol. The Morgan fingerprint density at radius 1 is 1.35 bits per heavy atom. The van der Waals surface area contributed by atoms with Crippen LogP contribution >= 0.6 is 11.3 Å². The fourth-order valence-corrected chi connectivity index (χ4v) is 4.36. The van der Waals surface area contributed by atoms with Gasteiger partial charge in [-0.15, -0.1) is 11.3 Å². The smallest absolute Gasteiger partial charge is 0.282 e. The van der Waals surface area contributed by atoms with Crippen molar-refractivity contribution < 1.29 is 8.42 Å². The van der Waals surface area contributed by atoms with Gasteiger partial charge in [-0.1, -0.05) is 0 Å². The molecule has 0 amide bonds. The zero-order valence-corrected chi connectivity index (χ0v) is 14.5. The average molecular weight is 354 g/mol. The van der Waals surface area contributed by atoms with E-state index in [-0.39, 0.29) is 6.04 Å². The molecule has 23 heavy (non-hydrogen) atoms. The third-order valence-electron chi connectivity index (χ3n) is 3.63. The molecule has 1 atom stereocenters. The first-order valence-electron chi connectivity index (χ1n) is 7.17. The SMILES string of the molecule is CN(C)S(=O)(=O)N1CCC[C@@H]1c1ccnc(Nc2nccs2)n1. The fourth-order valence-electron chi connectivity index (χ4n) is 2.52. The molecule has 1 aliphatic rings. The number of hydrogen-bond acceptors (Lipinski definition) is 7. The Balaban J connectivity index is 1.86. The average Bonchev–Trinajstić information content (AvgIpc) is 3.18. The van der Waals surface area contributed by atoms with E-state index >= 15 is 0 Å². The van der Waals surface area contributed by atoms with E-state index in [4.69, 9.17) is 0 Å². The first kappa shape index (κ1) is 16.2. The quantitative estimate of drug-likeness (QED) is 0.877. The highest BCUT2D eigenvalue weighted by atomic mass is 32.2. The summed E-state index contributed by atoms with van der Waals surface area (Å²) in [5.74, 6) is 0.423. The molecule has 0 aromatic carbocycles. The Hall–Kier alpha value is -1.62. The molecule has 3 heterocycles. The van der Waals surface area contributed by atoms with Crippen molar-refractivity contribution in [2.24, 2.45) is 0 Å². The maximum absolute atomic E-state index is 12.4. The molecule has 0 bridgehead atoms. The maximum atomic E-state index is 12.4. The third-order valence-corrected chi connectivity index (χ3v) is 6.27. The van der Waals surface area contributed by atoms with E-state index in [2.05, 4.69) is 20.3 Å². The van der Waals surface area contributed by atoms with Gasteiger partial charge in [0, 0.05) is 38.4 Å². The van der Waals surface area contributed by atoms with Gasteiger partial charge in [0.15, 0.2) is 5.13 Å². The molecular weight excluding hydrogens is 336 g/mol. The van der Waals surface area contributed by atoms with Crippen molar-refractivity contribution in [1.29, 1.82) is 0 Å². The highest BCUT2D eigenvalue weighted by Crippen LogP contribution is 2.34. The van der Waals surface area contributed by atoms with Crippen molar-refractivity contribution in [2.75, 3.05) is 26.0 Å². The molecule has 0 unspecified atom stereocenters. The van der Waals surface area contributed by atoms with E-state index in [1.807, 2.05) is 5.38 Å². The summed E-state index contributed by atoms with van der Waals surface area (Å²) in [7, 11) is -0.378. The molecule has 1 N–H and O–H groups in total. The molecule has 2 aromatic heterocycles. The molecule has 10 heteroatoms. The molecule has 0 spiro atoms. The van der Waals surface area contributed by atoms with Crippen LogP contribution in [0.5, 0.6) is 0 Å². The highest BCUT2D eigenvalue weighted by molar-refractivity contribution is 7.86. The van der Waals surface area contributed by atoms with Crippen LogP contribution in [0.1, 0.15) is 24.6 Å². The Morgan fingerprint density at radius 2 is 2.17 bits per heavy atom. The normalized spacial score (nSPS) is 19.3. The molecule has 2 aromatic rings. The number of hydrogen-bond donors (Lipinski definition) is 1. The zero-order valence-electron chi connectivity index (χ0n) is 12.9. The second-order valence-corrected chi connectivity index (χ2v) is 8.32. The molecule has 1 saturated heterocycles. The summed E-state index contributed by atoms with van der Waals surface area (Å²) in [5, 5.41) is 5.59. The van der Waals surface area contributed by atoms with Gasteiger partial charge >= 0.3 is 0 Å². The predicted octanol–water partition coefficient (Wildman–Crippen LogP) is 1.62. The van der Waals surface area contributed by atoms with Crippen LogP contribution in [-0.2, 0) is 10.2 Å². The fraction of sp³-hybridized carbons (Fsp3) is 0.462. The van der Waals surface area contributed by atoms with Gasteiger partial charge in [0.25, 0.3) is 10.2 Å². The summed E-state index contributed by atoms with van der Waals surface area (Å²) in [4.78, 5) is 12.8. The second-order valence-electron chi connectivity index (χ2n) is 5.33. The van der Waals surface area contributed by atoms with Crippen molar-refractivity contribution in [3.8, 4) is 0 Å². The van der Waals surface area contributed by atoms with Crippen molar-refractivity contribution in [3.05, 3.63) is 29.5 Å². The third kappa shape index (κ3) is 3.34. The van der Waals surface area contributed by atoms with Crippen molar-refractivity contribution in [2.45, 2.75) is 18.9 Å². The van der Waals surface area contributed by atoms with Gasteiger partial charge < -0.3 is 5.32 Å². The number of rotatable bonds is 5. The predicted molar refractivity (Wildman–Crippen MR) is 88.7 cm³/mol. The summed E-state index contributed by atoms with van der Waals surface area (Å²) < 4.78 is 27.6. The first-order chi connectivity index (χ1) is 11.0. The zero-order chi connectivity index (χ0) is 16.4. The molecule has 0 radical (unpaired) electrons. The Bertz CT molecular complexity index is 763. The van der Waals surface area contributed by atoms with E-state index in [1.165, 1.54) is 19.9 Å². The minimum absolute atomic E-state index is 0.262. The van der Waals surface area contributed by atoms with Gasteiger partial charge in [-0.25, -0.2) is 15.0 Å². The van der Waals surface area contributed by atoms with Crippen LogP contribution in [-0.4, -0.2) is 52.6 Å². The summed E-state index contributed by atoms with van der Waals surface area (Å²) >= 11 is 1.45. The number of aromatic nitrogens is 3. The van der Waals surface area contributed by atoms with Gasteiger partial charge in [0.2, 0.25) is 5.95 Å². The Kier molecular flexibility index (Phi) is 4.57. The number of thiazole rings is 1. The van der Waals surface area contributed by atoms with Gasteiger partial charge in [-0.2, -0.15) is 17.0 Å². The molecule has 3 rings (SSSR count). The lowest BCUT2D eigenvalue weighted by molar-refractivity contribution is 0.358. The molecule has 0 aliphatic carbocycles. The van der Waals surface area contributed by atoms with Crippen molar-refractivity contribution >= 4 is 32.6 Å². The van der Waals surface area contributed by atoms with Crippen molar-refractivity contribution in [3.63, 3.8) is 0 Å². The van der Waals surface area contributed by atoms with Crippen LogP contribution in [0.15, 0.2) is 23.8 Å². The minimum Gasteiger partial charge on any atom is -0.300 e. The summed E-state index contributed by atoms with van der Waals surface area (Å²) in [6.45, 7) is 0.504. The van der Waals surface area contributed by atoms with Gasteiger partial charge in [-0.3, -0.25) is 0 Å². The Morgan fingerprint density at radius 3 is 2.87 bits per heavy atom. The van der Waals surface area contributed by atoms with E-state index in [0.717, 1.165) is 12.8 Å². The molecule has 8 nitrogen and oxygen atoms in total. The molecule has 1 fully saturated rings. The Labute approximate surface area is 139 Å². The van der Waals surface area contributed by atoms with Crippen LogP contribution < -0.4 is 5.32 Å².